The number of benzene rings is 1. The zero-order valence-electron chi connectivity index (χ0n) is 11.8. The molecule has 20 heavy (non-hydrogen) atoms. The Balaban J connectivity index is 2.75. The summed E-state index contributed by atoms with van der Waals surface area (Å²) >= 11 is 5.97. The standard InChI is InChI=1S/C16H21ClO3/c1-3-12(9-11(2)18)5-4-6-16(20)14-8-7-13(19)10-15(14)17/h4,7-8,10-11,16,18-20H,3,6,9H2,1-2H3/t5?,11-,16+/m0/s1. The van der Waals surface area contributed by atoms with E-state index in [4.69, 9.17) is 11.6 Å². The largest absolute Gasteiger partial charge is 0.508 e. The molecule has 3 N–H and O–H groups in total. The molecule has 3 nitrogen and oxygen atoms in total. The van der Waals surface area contributed by atoms with E-state index in [2.05, 4.69) is 5.73 Å². The van der Waals surface area contributed by atoms with Crippen LogP contribution in [0.1, 0.15) is 44.8 Å². The number of hydrogen-bond acceptors (Lipinski definition) is 3. The normalized spacial score (nSPS) is 13.4. The van der Waals surface area contributed by atoms with Crippen LogP contribution in [0.3, 0.4) is 0 Å². The van der Waals surface area contributed by atoms with Gasteiger partial charge in [-0.3, -0.25) is 0 Å². The minimum atomic E-state index is -0.736. The van der Waals surface area contributed by atoms with Gasteiger partial charge in [0, 0.05) is 12.8 Å². The van der Waals surface area contributed by atoms with E-state index in [1.807, 2.05) is 6.92 Å². The van der Waals surface area contributed by atoms with Crippen LogP contribution in [0.2, 0.25) is 5.02 Å². The Morgan fingerprint density at radius 3 is 2.65 bits per heavy atom. The molecule has 0 aliphatic rings. The topological polar surface area (TPSA) is 60.7 Å². The lowest BCUT2D eigenvalue weighted by Gasteiger charge is -2.10. The summed E-state index contributed by atoms with van der Waals surface area (Å²) in [4.78, 5) is 0. The number of rotatable bonds is 6. The van der Waals surface area contributed by atoms with Gasteiger partial charge in [-0.05, 0) is 42.7 Å². The summed E-state index contributed by atoms with van der Waals surface area (Å²) in [6, 6.07) is 4.51. The molecule has 0 aliphatic heterocycles. The average Bonchev–Trinajstić information content (AvgIpc) is 2.36. The number of halogens is 1. The molecule has 0 bridgehead atoms. The maximum absolute atomic E-state index is 10.1. The van der Waals surface area contributed by atoms with Gasteiger partial charge in [-0.25, -0.2) is 0 Å². The molecule has 0 radical (unpaired) electrons. The Labute approximate surface area is 124 Å². The Kier molecular flexibility index (Phi) is 6.83. The third-order valence-electron chi connectivity index (χ3n) is 2.96. The highest BCUT2D eigenvalue weighted by Crippen LogP contribution is 2.28. The minimum Gasteiger partial charge on any atom is -0.508 e. The van der Waals surface area contributed by atoms with Gasteiger partial charge in [0.25, 0.3) is 0 Å². The molecule has 0 saturated carbocycles. The monoisotopic (exact) mass is 296 g/mol. The second-order valence-corrected chi connectivity index (χ2v) is 5.22. The van der Waals surface area contributed by atoms with Crippen LogP contribution in [0.25, 0.3) is 0 Å². The Hall–Kier alpha value is -1.25. The SMILES string of the molecule is CCC(=C=CC[C@@H](O)c1ccc(O)cc1Cl)C[C@H](C)O. The smallest absolute Gasteiger partial charge is 0.117 e. The molecular weight excluding hydrogens is 276 g/mol. The molecule has 1 aromatic carbocycles. The van der Waals surface area contributed by atoms with Crippen LogP contribution in [0, 0.1) is 0 Å². The van der Waals surface area contributed by atoms with Crippen molar-refractivity contribution in [2.45, 2.75) is 45.3 Å². The minimum absolute atomic E-state index is 0.0755. The first-order chi connectivity index (χ1) is 9.43. The number of hydrogen-bond donors (Lipinski definition) is 3. The second kappa shape index (κ2) is 8.13. The lowest BCUT2D eigenvalue weighted by atomic mass is 10.0. The van der Waals surface area contributed by atoms with Crippen molar-refractivity contribution in [2.75, 3.05) is 0 Å². The fraction of sp³-hybridized carbons (Fsp3) is 0.438. The van der Waals surface area contributed by atoms with Crippen molar-refractivity contribution >= 4 is 11.6 Å². The van der Waals surface area contributed by atoms with Crippen LogP contribution in [0.5, 0.6) is 5.75 Å². The van der Waals surface area contributed by atoms with E-state index >= 15 is 0 Å². The highest BCUT2D eigenvalue weighted by molar-refractivity contribution is 6.31. The van der Waals surface area contributed by atoms with Gasteiger partial charge in [0.15, 0.2) is 0 Å². The van der Waals surface area contributed by atoms with Crippen molar-refractivity contribution in [1.29, 1.82) is 0 Å². The third-order valence-corrected chi connectivity index (χ3v) is 3.29. The Morgan fingerprint density at radius 2 is 2.10 bits per heavy atom. The van der Waals surface area contributed by atoms with Crippen LogP contribution >= 0.6 is 11.6 Å². The summed E-state index contributed by atoms with van der Waals surface area (Å²) in [5.41, 5.74) is 4.71. The highest BCUT2D eigenvalue weighted by Gasteiger charge is 2.10. The summed E-state index contributed by atoms with van der Waals surface area (Å²) in [7, 11) is 0. The molecule has 0 fully saturated rings. The van der Waals surface area contributed by atoms with E-state index in [1.165, 1.54) is 12.1 Å². The average molecular weight is 297 g/mol. The molecule has 0 aliphatic carbocycles. The first-order valence-electron chi connectivity index (χ1n) is 6.71. The molecule has 110 valence electrons. The van der Waals surface area contributed by atoms with Crippen LogP contribution in [-0.4, -0.2) is 21.4 Å². The molecular formula is C16H21ClO3. The van der Waals surface area contributed by atoms with E-state index in [-0.39, 0.29) is 11.9 Å². The van der Waals surface area contributed by atoms with E-state index < -0.39 is 6.10 Å². The molecule has 0 amide bonds. The fourth-order valence-corrected chi connectivity index (χ4v) is 2.19. The molecule has 1 rings (SSSR count). The molecule has 1 aromatic rings. The van der Waals surface area contributed by atoms with Gasteiger partial charge in [-0.1, -0.05) is 24.6 Å². The molecule has 0 heterocycles. The van der Waals surface area contributed by atoms with Gasteiger partial charge in [-0.15, -0.1) is 5.73 Å². The van der Waals surface area contributed by atoms with Crippen molar-refractivity contribution in [2.24, 2.45) is 0 Å². The van der Waals surface area contributed by atoms with E-state index in [0.29, 0.717) is 23.4 Å². The van der Waals surface area contributed by atoms with Gasteiger partial charge in [0.05, 0.1) is 17.2 Å². The number of phenols is 1. The third kappa shape index (κ3) is 5.40. The van der Waals surface area contributed by atoms with Gasteiger partial charge in [0.1, 0.15) is 5.75 Å². The quantitative estimate of drug-likeness (QED) is 0.701. The summed E-state index contributed by atoms with van der Waals surface area (Å²) in [5, 5.41) is 29.0. The van der Waals surface area contributed by atoms with E-state index in [0.717, 1.165) is 12.0 Å². The lowest BCUT2D eigenvalue weighted by Crippen LogP contribution is -2.00. The van der Waals surface area contributed by atoms with Gasteiger partial charge < -0.3 is 15.3 Å². The van der Waals surface area contributed by atoms with Gasteiger partial charge >= 0.3 is 0 Å². The maximum Gasteiger partial charge on any atom is 0.117 e. The van der Waals surface area contributed by atoms with Crippen LogP contribution in [-0.2, 0) is 0 Å². The van der Waals surface area contributed by atoms with Crippen molar-refractivity contribution in [3.8, 4) is 5.75 Å². The van der Waals surface area contributed by atoms with Crippen molar-refractivity contribution in [3.05, 3.63) is 46.2 Å². The maximum atomic E-state index is 10.1. The molecule has 4 heteroatoms. The zero-order chi connectivity index (χ0) is 15.1. The second-order valence-electron chi connectivity index (χ2n) is 4.82. The predicted molar refractivity (Wildman–Crippen MR) is 80.9 cm³/mol. The van der Waals surface area contributed by atoms with E-state index in [1.54, 1.807) is 19.1 Å². The number of aliphatic hydroxyl groups excluding tert-OH is 2. The van der Waals surface area contributed by atoms with Gasteiger partial charge in [0.2, 0.25) is 0 Å². The van der Waals surface area contributed by atoms with E-state index in [9.17, 15) is 15.3 Å². The number of phenolic OH excluding ortho intramolecular Hbond substituents is 1. The summed E-state index contributed by atoms with van der Waals surface area (Å²) in [5.74, 6) is 0.0755. The molecule has 0 aromatic heterocycles. The summed E-state index contributed by atoms with van der Waals surface area (Å²) in [6.45, 7) is 3.74. The van der Waals surface area contributed by atoms with Crippen LogP contribution < -0.4 is 0 Å². The molecule has 2 atom stereocenters. The highest BCUT2D eigenvalue weighted by atomic mass is 35.5. The van der Waals surface area contributed by atoms with Gasteiger partial charge in [-0.2, -0.15) is 0 Å². The Bertz CT molecular complexity index is 502. The van der Waals surface area contributed by atoms with Crippen molar-refractivity contribution < 1.29 is 15.3 Å². The predicted octanol–water partition coefficient (Wildman–Crippen LogP) is 3.73. The summed E-state index contributed by atoms with van der Waals surface area (Å²) < 4.78 is 0. The first kappa shape index (κ1) is 16.8. The van der Waals surface area contributed by atoms with Crippen LogP contribution in [0.15, 0.2) is 35.6 Å². The zero-order valence-corrected chi connectivity index (χ0v) is 12.6. The van der Waals surface area contributed by atoms with Crippen molar-refractivity contribution in [1.82, 2.24) is 0 Å². The number of aromatic hydroxyl groups is 1. The summed E-state index contributed by atoms with van der Waals surface area (Å²) in [6.07, 6.45) is 2.42. The van der Waals surface area contributed by atoms with Crippen molar-refractivity contribution in [3.63, 3.8) is 0 Å². The lowest BCUT2D eigenvalue weighted by molar-refractivity contribution is 0.181. The van der Waals surface area contributed by atoms with Crippen LogP contribution in [0.4, 0.5) is 0 Å². The fourth-order valence-electron chi connectivity index (χ4n) is 1.89. The first-order valence-corrected chi connectivity index (χ1v) is 7.09. The molecule has 0 unspecified atom stereocenters. The molecule has 0 spiro atoms. The molecule has 0 saturated heterocycles. The Morgan fingerprint density at radius 1 is 1.40 bits per heavy atom. The number of aliphatic hydroxyl groups is 2.